The zero-order valence-corrected chi connectivity index (χ0v) is 13.0. The summed E-state index contributed by atoms with van der Waals surface area (Å²) in [5.74, 6) is 0.505. The molecule has 120 valence electrons. The molecule has 0 spiro atoms. The van der Waals surface area contributed by atoms with Gasteiger partial charge in [0.25, 0.3) is 0 Å². The smallest absolute Gasteiger partial charge is 0.233 e. The lowest BCUT2D eigenvalue weighted by molar-refractivity contribution is -0.127. The normalized spacial score (nSPS) is 14.5. The van der Waals surface area contributed by atoms with Crippen LogP contribution in [-0.2, 0) is 9.59 Å². The van der Waals surface area contributed by atoms with Crippen molar-refractivity contribution in [2.75, 3.05) is 19.5 Å². The van der Waals surface area contributed by atoms with E-state index < -0.39 is 0 Å². The highest BCUT2D eigenvalue weighted by Gasteiger charge is 2.19. The lowest BCUT2D eigenvalue weighted by Gasteiger charge is -2.13. The Morgan fingerprint density at radius 2 is 1.86 bits per heavy atom. The third-order valence-electron chi connectivity index (χ3n) is 3.72. The first kappa shape index (κ1) is 16.1. The first-order valence-corrected chi connectivity index (χ1v) is 7.43. The fourth-order valence-electron chi connectivity index (χ4n) is 2.60. The average molecular weight is 306 g/mol. The van der Waals surface area contributed by atoms with Crippen LogP contribution in [0.5, 0.6) is 11.5 Å². The van der Waals surface area contributed by atoms with Gasteiger partial charge in [-0.25, -0.2) is 0 Å². The molecule has 1 aromatic rings. The lowest BCUT2D eigenvalue weighted by Crippen LogP contribution is -2.35. The second kappa shape index (κ2) is 7.68. The third kappa shape index (κ3) is 4.38. The lowest BCUT2D eigenvalue weighted by atomic mass is 10.2. The number of anilines is 1. The summed E-state index contributed by atoms with van der Waals surface area (Å²) in [7, 11) is 3.06. The van der Waals surface area contributed by atoms with Crippen molar-refractivity contribution in [3.63, 3.8) is 0 Å². The molecule has 0 heterocycles. The molecule has 0 aromatic heterocycles. The van der Waals surface area contributed by atoms with Crippen molar-refractivity contribution in [1.82, 2.24) is 5.32 Å². The first-order chi connectivity index (χ1) is 10.6. The molecule has 1 fully saturated rings. The van der Waals surface area contributed by atoms with Crippen LogP contribution in [0.4, 0.5) is 5.69 Å². The standard InChI is InChI=1S/C16H22N2O4/c1-21-12-7-8-14(22-2)13(9-12)18-16(20)10-15(19)17-11-5-3-4-6-11/h7-9,11H,3-6,10H2,1-2H3,(H,17,19)(H,18,20). The molecule has 6 nitrogen and oxygen atoms in total. The summed E-state index contributed by atoms with van der Waals surface area (Å²) in [5.41, 5.74) is 0.487. The van der Waals surface area contributed by atoms with E-state index in [1.165, 1.54) is 7.11 Å². The number of nitrogens with one attached hydrogen (secondary N) is 2. The summed E-state index contributed by atoms with van der Waals surface area (Å²) in [6.45, 7) is 0. The number of methoxy groups -OCH3 is 2. The molecule has 22 heavy (non-hydrogen) atoms. The molecule has 1 aromatic carbocycles. The SMILES string of the molecule is COc1ccc(OC)c(NC(=O)CC(=O)NC2CCCC2)c1. The predicted octanol–water partition coefficient (Wildman–Crippen LogP) is 2.09. The third-order valence-corrected chi connectivity index (χ3v) is 3.72. The van der Waals surface area contributed by atoms with Gasteiger partial charge in [0, 0.05) is 12.1 Å². The van der Waals surface area contributed by atoms with Gasteiger partial charge in [0.2, 0.25) is 11.8 Å². The van der Waals surface area contributed by atoms with Gasteiger partial charge in [-0.2, -0.15) is 0 Å². The van der Waals surface area contributed by atoms with Crippen molar-refractivity contribution in [1.29, 1.82) is 0 Å². The molecule has 2 amide bonds. The van der Waals surface area contributed by atoms with E-state index in [0.717, 1.165) is 25.7 Å². The summed E-state index contributed by atoms with van der Waals surface area (Å²) in [5, 5.41) is 5.58. The summed E-state index contributed by atoms with van der Waals surface area (Å²) < 4.78 is 10.3. The number of hydrogen-bond donors (Lipinski definition) is 2. The van der Waals surface area contributed by atoms with E-state index in [0.29, 0.717) is 17.2 Å². The van der Waals surface area contributed by atoms with E-state index in [2.05, 4.69) is 10.6 Å². The van der Waals surface area contributed by atoms with Crippen molar-refractivity contribution in [3.05, 3.63) is 18.2 Å². The number of benzene rings is 1. The molecular weight excluding hydrogens is 284 g/mol. The second-order valence-corrected chi connectivity index (χ2v) is 5.34. The molecule has 0 bridgehead atoms. The summed E-state index contributed by atoms with van der Waals surface area (Å²) in [4.78, 5) is 23.8. The molecule has 0 aliphatic heterocycles. The van der Waals surface area contributed by atoms with Crippen LogP contribution in [0.15, 0.2) is 18.2 Å². The summed E-state index contributed by atoms with van der Waals surface area (Å²) in [6.07, 6.45) is 4.07. The molecule has 0 radical (unpaired) electrons. The highest BCUT2D eigenvalue weighted by molar-refractivity contribution is 6.04. The fraction of sp³-hybridized carbons (Fsp3) is 0.500. The van der Waals surface area contributed by atoms with E-state index in [1.807, 2.05) is 0 Å². The number of hydrogen-bond acceptors (Lipinski definition) is 4. The zero-order chi connectivity index (χ0) is 15.9. The minimum absolute atomic E-state index is 0.198. The average Bonchev–Trinajstić information content (AvgIpc) is 2.99. The van der Waals surface area contributed by atoms with E-state index in [9.17, 15) is 9.59 Å². The highest BCUT2D eigenvalue weighted by Crippen LogP contribution is 2.28. The number of ether oxygens (including phenoxy) is 2. The van der Waals surface area contributed by atoms with Gasteiger partial charge in [-0.05, 0) is 25.0 Å². The predicted molar refractivity (Wildman–Crippen MR) is 83.2 cm³/mol. The van der Waals surface area contributed by atoms with Crippen molar-refractivity contribution < 1.29 is 19.1 Å². The Morgan fingerprint density at radius 3 is 2.50 bits per heavy atom. The van der Waals surface area contributed by atoms with E-state index in [4.69, 9.17) is 9.47 Å². The molecule has 0 saturated heterocycles. The van der Waals surface area contributed by atoms with Gasteiger partial charge in [0.15, 0.2) is 0 Å². The number of carbonyl (C=O) groups is 2. The molecule has 0 unspecified atom stereocenters. The van der Waals surface area contributed by atoms with E-state index >= 15 is 0 Å². The Bertz CT molecular complexity index is 539. The van der Waals surface area contributed by atoms with Crippen LogP contribution < -0.4 is 20.1 Å². The molecule has 0 atom stereocenters. The molecular formula is C16H22N2O4. The van der Waals surface area contributed by atoms with Crippen LogP contribution in [0.2, 0.25) is 0 Å². The Balaban J connectivity index is 1.91. The van der Waals surface area contributed by atoms with Gasteiger partial charge in [-0.15, -0.1) is 0 Å². The van der Waals surface area contributed by atoms with Crippen molar-refractivity contribution in [2.24, 2.45) is 0 Å². The van der Waals surface area contributed by atoms with Gasteiger partial charge in [-0.3, -0.25) is 9.59 Å². The Kier molecular flexibility index (Phi) is 5.63. The van der Waals surface area contributed by atoms with Crippen LogP contribution in [-0.4, -0.2) is 32.1 Å². The minimum atomic E-state index is -0.373. The zero-order valence-electron chi connectivity index (χ0n) is 13.0. The Hall–Kier alpha value is -2.24. The van der Waals surface area contributed by atoms with E-state index in [-0.39, 0.29) is 24.3 Å². The van der Waals surface area contributed by atoms with Gasteiger partial charge >= 0.3 is 0 Å². The molecule has 1 aliphatic rings. The molecule has 2 N–H and O–H groups in total. The highest BCUT2D eigenvalue weighted by atomic mass is 16.5. The Labute approximate surface area is 130 Å². The first-order valence-electron chi connectivity index (χ1n) is 7.43. The summed E-state index contributed by atoms with van der Waals surface area (Å²) in [6, 6.07) is 5.31. The quantitative estimate of drug-likeness (QED) is 0.789. The van der Waals surface area contributed by atoms with Crippen LogP contribution in [0.3, 0.4) is 0 Å². The Morgan fingerprint density at radius 1 is 1.14 bits per heavy atom. The molecule has 1 aliphatic carbocycles. The van der Waals surface area contributed by atoms with Crippen LogP contribution in [0.25, 0.3) is 0 Å². The maximum Gasteiger partial charge on any atom is 0.233 e. The maximum absolute atomic E-state index is 12.0. The van der Waals surface area contributed by atoms with E-state index in [1.54, 1.807) is 25.3 Å². The summed E-state index contributed by atoms with van der Waals surface area (Å²) >= 11 is 0. The number of carbonyl (C=O) groups excluding carboxylic acids is 2. The van der Waals surface area contributed by atoms with Gasteiger partial charge in [-0.1, -0.05) is 12.8 Å². The monoisotopic (exact) mass is 306 g/mol. The second-order valence-electron chi connectivity index (χ2n) is 5.34. The van der Waals surface area contributed by atoms with Crippen LogP contribution in [0, 0.1) is 0 Å². The van der Waals surface area contributed by atoms with Crippen molar-refractivity contribution in [2.45, 2.75) is 38.1 Å². The maximum atomic E-state index is 12.0. The largest absolute Gasteiger partial charge is 0.497 e. The molecule has 1 saturated carbocycles. The minimum Gasteiger partial charge on any atom is -0.497 e. The van der Waals surface area contributed by atoms with Gasteiger partial charge < -0.3 is 20.1 Å². The van der Waals surface area contributed by atoms with Crippen molar-refractivity contribution in [3.8, 4) is 11.5 Å². The molecule has 6 heteroatoms. The van der Waals surface area contributed by atoms with Crippen molar-refractivity contribution >= 4 is 17.5 Å². The van der Waals surface area contributed by atoms with Gasteiger partial charge in [0.1, 0.15) is 17.9 Å². The number of amides is 2. The topological polar surface area (TPSA) is 76.7 Å². The number of rotatable bonds is 6. The van der Waals surface area contributed by atoms with Gasteiger partial charge in [0.05, 0.1) is 19.9 Å². The molecule has 2 rings (SSSR count). The van der Waals surface area contributed by atoms with Crippen LogP contribution >= 0.6 is 0 Å². The fourth-order valence-corrected chi connectivity index (χ4v) is 2.60. The van der Waals surface area contributed by atoms with Crippen LogP contribution in [0.1, 0.15) is 32.1 Å².